The fourth-order valence-electron chi connectivity index (χ4n) is 0. The third kappa shape index (κ3) is 1770. The van der Waals surface area contributed by atoms with Gasteiger partial charge in [0.15, 0.2) is 5.96 Å². The minimum Gasteiger partial charge on any atom is -0.396 e. The number of nitrogens with one attached hydrogen (secondary N) is 1. The van der Waals surface area contributed by atoms with Gasteiger partial charge >= 0.3 is 0 Å². The van der Waals surface area contributed by atoms with Crippen molar-refractivity contribution in [3.05, 3.63) is 0 Å². The highest BCUT2D eigenvalue weighted by atomic mass is 16.2. The quantitative estimate of drug-likeness (QED) is 0.269. The van der Waals surface area contributed by atoms with Crippen molar-refractivity contribution in [1.29, 1.82) is 5.41 Å². The molecular formula is C4H13N3O. The zero-order chi connectivity index (χ0) is 6.99. The van der Waals surface area contributed by atoms with Crippen molar-refractivity contribution in [2.24, 2.45) is 11.5 Å². The van der Waals surface area contributed by atoms with Crippen molar-refractivity contribution < 1.29 is 5.11 Å². The van der Waals surface area contributed by atoms with Crippen LogP contribution in [0, 0.1) is 5.41 Å². The van der Waals surface area contributed by atoms with E-state index in [1.54, 1.807) is 0 Å². The Morgan fingerprint density at radius 3 is 1.75 bits per heavy atom. The summed E-state index contributed by atoms with van der Waals surface area (Å²) in [6, 6.07) is 0. The molecule has 0 saturated heterocycles. The van der Waals surface area contributed by atoms with Gasteiger partial charge < -0.3 is 16.6 Å². The Kier molecular flexibility index (Phi) is 12.2. The predicted octanol–water partition coefficient (Wildman–Crippen LogP) is -0.773. The van der Waals surface area contributed by atoms with Crippen molar-refractivity contribution in [3.63, 3.8) is 0 Å². The minimum atomic E-state index is -0.333. The molecule has 0 atom stereocenters. The first-order chi connectivity index (χ1) is 3.65. The molecule has 0 aliphatic heterocycles. The van der Waals surface area contributed by atoms with Crippen molar-refractivity contribution in [2.75, 3.05) is 6.61 Å². The molecule has 0 saturated carbocycles. The van der Waals surface area contributed by atoms with E-state index in [-0.39, 0.29) is 5.96 Å². The van der Waals surface area contributed by atoms with Gasteiger partial charge in [0.2, 0.25) is 0 Å². The molecule has 0 heterocycles. The van der Waals surface area contributed by atoms with Gasteiger partial charge in [-0.05, 0) is 6.42 Å². The van der Waals surface area contributed by atoms with Crippen molar-refractivity contribution in [3.8, 4) is 0 Å². The minimum absolute atomic E-state index is 0.319. The Hall–Kier alpha value is -0.770. The SMILES string of the molecule is CCCO.N=C(N)N. The number of aliphatic hydroxyl groups excluding tert-OH is 1. The average Bonchev–Trinajstić information content (AvgIpc) is 1.65. The molecule has 0 aromatic heterocycles. The van der Waals surface area contributed by atoms with E-state index < -0.39 is 0 Å². The van der Waals surface area contributed by atoms with Gasteiger partial charge in [-0.25, -0.2) is 0 Å². The lowest BCUT2D eigenvalue weighted by Gasteiger charge is -1.69. The zero-order valence-corrected chi connectivity index (χ0v) is 5.02. The van der Waals surface area contributed by atoms with E-state index in [2.05, 4.69) is 11.5 Å². The molecule has 0 aromatic carbocycles. The number of guanidine groups is 1. The lowest BCUT2D eigenvalue weighted by Crippen LogP contribution is -2.20. The van der Waals surface area contributed by atoms with Crippen molar-refractivity contribution in [2.45, 2.75) is 13.3 Å². The van der Waals surface area contributed by atoms with Crippen LogP contribution in [-0.4, -0.2) is 17.7 Å². The second-order valence-corrected chi connectivity index (χ2v) is 1.18. The van der Waals surface area contributed by atoms with Gasteiger partial charge in [0, 0.05) is 6.61 Å². The number of aliphatic hydroxyl groups is 1. The maximum atomic E-state index is 7.88. The standard InChI is InChI=1S/C3H8O.CH5N3/c1-2-3-4;2-1(3)4/h4H,2-3H2,1H3;(H5,2,3,4). The normalized spacial score (nSPS) is 6.75. The Balaban J connectivity index is 0. The molecule has 8 heavy (non-hydrogen) atoms. The van der Waals surface area contributed by atoms with Crippen LogP contribution in [0.25, 0.3) is 0 Å². The molecule has 0 radical (unpaired) electrons. The number of hydrogen-bond acceptors (Lipinski definition) is 2. The molecule has 0 aliphatic carbocycles. The predicted molar refractivity (Wildman–Crippen MR) is 33.5 cm³/mol. The van der Waals surface area contributed by atoms with Gasteiger partial charge in [0.25, 0.3) is 0 Å². The van der Waals surface area contributed by atoms with E-state index in [9.17, 15) is 0 Å². The van der Waals surface area contributed by atoms with Gasteiger partial charge in [0.05, 0.1) is 0 Å². The third-order valence-electron chi connectivity index (χ3n) is 0.224. The fraction of sp³-hybridized carbons (Fsp3) is 0.750. The number of nitrogens with two attached hydrogens (primary N) is 2. The van der Waals surface area contributed by atoms with Crippen molar-refractivity contribution >= 4 is 5.96 Å². The average molecular weight is 119 g/mol. The van der Waals surface area contributed by atoms with E-state index in [1.807, 2.05) is 6.92 Å². The largest absolute Gasteiger partial charge is 0.396 e. The number of hydrogen-bond donors (Lipinski definition) is 4. The molecule has 0 spiro atoms. The molecule has 0 fully saturated rings. The summed E-state index contributed by atoms with van der Waals surface area (Å²) in [7, 11) is 0. The topological polar surface area (TPSA) is 96.1 Å². The Morgan fingerprint density at radius 1 is 1.62 bits per heavy atom. The molecule has 0 bridgehead atoms. The zero-order valence-electron chi connectivity index (χ0n) is 5.02. The second-order valence-electron chi connectivity index (χ2n) is 1.18. The molecule has 4 heteroatoms. The molecule has 0 rings (SSSR count). The first-order valence-corrected chi connectivity index (χ1v) is 2.35. The first kappa shape index (κ1) is 10.3. The fourth-order valence-corrected chi connectivity index (χ4v) is 0. The van der Waals surface area contributed by atoms with Gasteiger partial charge in [0.1, 0.15) is 0 Å². The third-order valence-corrected chi connectivity index (χ3v) is 0.224. The Labute approximate surface area is 49.0 Å². The van der Waals surface area contributed by atoms with Crippen LogP contribution in [0.3, 0.4) is 0 Å². The molecule has 0 amide bonds. The molecule has 0 aliphatic rings. The van der Waals surface area contributed by atoms with Gasteiger partial charge in [-0.1, -0.05) is 6.92 Å². The molecule has 4 nitrogen and oxygen atoms in total. The molecule has 50 valence electrons. The molecule has 0 unspecified atom stereocenters. The summed E-state index contributed by atoms with van der Waals surface area (Å²) in [4.78, 5) is 0. The molecule has 6 N–H and O–H groups in total. The van der Waals surface area contributed by atoms with Gasteiger partial charge in [-0.3, -0.25) is 5.41 Å². The molecule has 0 aromatic rings. The summed E-state index contributed by atoms with van der Waals surface area (Å²) in [5.74, 6) is -0.333. The Morgan fingerprint density at radius 2 is 1.75 bits per heavy atom. The maximum Gasteiger partial charge on any atom is 0.183 e. The monoisotopic (exact) mass is 119 g/mol. The first-order valence-electron chi connectivity index (χ1n) is 2.35. The van der Waals surface area contributed by atoms with E-state index in [4.69, 9.17) is 10.5 Å². The number of rotatable bonds is 1. The smallest absolute Gasteiger partial charge is 0.183 e. The maximum absolute atomic E-state index is 7.88. The van der Waals surface area contributed by atoms with E-state index in [1.165, 1.54) is 0 Å². The second kappa shape index (κ2) is 9.52. The van der Waals surface area contributed by atoms with Crippen LogP contribution in [0.4, 0.5) is 0 Å². The van der Waals surface area contributed by atoms with E-state index in [0.29, 0.717) is 6.61 Å². The highest BCUT2D eigenvalue weighted by Crippen LogP contribution is 1.61. The summed E-state index contributed by atoms with van der Waals surface area (Å²) < 4.78 is 0. The van der Waals surface area contributed by atoms with Crippen molar-refractivity contribution in [1.82, 2.24) is 0 Å². The molecular weight excluding hydrogens is 106 g/mol. The highest BCUT2D eigenvalue weighted by Gasteiger charge is 1.57. The summed E-state index contributed by atoms with van der Waals surface area (Å²) >= 11 is 0. The highest BCUT2D eigenvalue weighted by molar-refractivity contribution is 5.71. The van der Waals surface area contributed by atoms with Crippen LogP contribution in [0.2, 0.25) is 0 Å². The van der Waals surface area contributed by atoms with Crippen LogP contribution in [-0.2, 0) is 0 Å². The van der Waals surface area contributed by atoms with Crippen LogP contribution < -0.4 is 11.5 Å². The van der Waals surface area contributed by atoms with Crippen LogP contribution in [0.15, 0.2) is 0 Å². The summed E-state index contributed by atoms with van der Waals surface area (Å²) in [5, 5.41) is 13.9. The summed E-state index contributed by atoms with van der Waals surface area (Å²) in [6.07, 6.45) is 0.875. The lowest BCUT2D eigenvalue weighted by atomic mass is 10.5. The Bertz CT molecular complexity index is 49.2. The van der Waals surface area contributed by atoms with Crippen LogP contribution in [0.5, 0.6) is 0 Å². The summed E-state index contributed by atoms with van der Waals surface area (Å²) in [5.41, 5.74) is 8.94. The van der Waals surface area contributed by atoms with Gasteiger partial charge in [-0.15, -0.1) is 0 Å². The van der Waals surface area contributed by atoms with Crippen LogP contribution >= 0.6 is 0 Å². The summed E-state index contributed by atoms with van der Waals surface area (Å²) in [6.45, 7) is 2.25. The van der Waals surface area contributed by atoms with Gasteiger partial charge in [-0.2, -0.15) is 0 Å². The van der Waals surface area contributed by atoms with E-state index >= 15 is 0 Å². The lowest BCUT2D eigenvalue weighted by molar-refractivity contribution is 0.295. The van der Waals surface area contributed by atoms with Crippen LogP contribution in [0.1, 0.15) is 13.3 Å². The van der Waals surface area contributed by atoms with E-state index in [0.717, 1.165) is 6.42 Å².